The van der Waals surface area contributed by atoms with E-state index in [9.17, 15) is 14.9 Å². The fraction of sp³-hybridized carbons (Fsp3) is 0.0870. The van der Waals surface area contributed by atoms with Gasteiger partial charge >= 0.3 is 0 Å². The number of nitrogens with zero attached hydrogens (tertiary/aromatic N) is 3. The minimum atomic E-state index is -0.530. The fourth-order valence-corrected chi connectivity index (χ4v) is 3.19. The van der Waals surface area contributed by atoms with Crippen LogP contribution in [-0.2, 0) is 0 Å². The first kappa shape index (κ1) is 21.5. The van der Waals surface area contributed by atoms with Gasteiger partial charge in [0, 0.05) is 23.4 Å². The second-order valence-corrected chi connectivity index (χ2v) is 6.80. The van der Waals surface area contributed by atoms with E-state index >= 15 is 0 Å². The number of nitro benzene ring substituents is 1. The molecule has 0 atom stereocenters. The number of carbonyl (C=O) groups excluding carboxylic acids is 1. The molecule has 0 bridgehead atoms. The third-order valence-electron chi connectivity index (χ3n) is 4.78. The Kier molecular flexibility index (Phi) is 5.98. The number of methoxy groups -OCH3 is 2. The van der Waals surface area contributed by atoms with Gasteiger partial charge in [0.25, 0.3) is 17.5 Å². The predicted molar refractivity (Wildman–Crippen MR) is 119 cm³/mol. The molecule has 0 aliphatic rings. The Bertz CT molecular complexity index is 1330. The number of nitro groups is 1. The monoisotopic (exact) mass is 446 g/mol. The summed E-state index contributed by atoms with van der Waals surface area (Å²) in [6, 6.07) is 17.6. The van der Waals surface area contributed by atoms with Crippen molar-refractivity contribution in [3.8, 4) is 34.3 Å². The van der Waals surface area contributed by atoms with Gasteiger partial charge in [-0.2, -0.15) is 4.98 Å². The topological polar surface area (TPSA) is 130 Å². The molecule has 0 saturated heterocycles. The molecule has 1 heterocycles. The summed E-state index contributed by atoms with van der Waals surface area (Å²) in [5, 5.41) is 17.7. The molecule has 3 aromatic carbocycles. The van der Waals surface area contributed by atoms with Gasteiger partial charge in [0.2, 0.25) is 5.82 Å². The number of ether oxygens (including phenoxy) is 2. The molecule has 4 aromatic rings. The van der Waals surface area contributed by atoms with Crippen LogP contribution in [0, 0.1) is 10.1 Å². The minimum absolute atomic E-state index is 0.127. The molecule has 10 nitrogen and oxygen atoms in total. The number of amides is 1. The highest BCUT2D eigenvalue weighted by Crippen LogP contribution is 2.32. The van der Waals surface area contributed by atoms with E-state index in [1.165, 1.54) is 25.3 Å². The highest BCUT2D eigenvalue weighted by Gasteiger charge is 2.19. The molecule has 0 spiro atoms. The van der Waals surface area contributed by atoms with Crippen LogP contribution in [-0.4, -0.2) is 35.2 Å². The van der Waals surface area contributed by atoms with E-state index in [2.05, 4.69) is 15.5 Å². The molecule has 166 valence electrons. The fourth-order valence-electron chi connectivity index (χ4n) is 3.19. The van der Waals surface area contributed by atoms with Crippen molar-refractivity contribution in [2.24, 2.45) is 0 Å². The predicted octanol–water partition coefficient (Wildman–Crippen LogP) is 4.58. The van der Waals surface area contributed by atoms with Crippen LogP contribution in [0.1, 0.15) is 10.4 Å². The lowest BCUT2D eigenvalue weighted by molar-refractivity contribution is -0.384. The molecule has 0 aliphatic carbocycles. The Labute approximate surface area is 187 Å². The third-order valence-corrected chi connectivity index (χ3v) is 4.78. The van der Waals surface area contributed by atoms with E-state index in [1.54, 1.807) is 55.6 Å². The Morgan fingerprint density at radius 2 is 1.79 bits per heavy atom. The van der Waals surface area contributed by atoms with Gasteiger partial charge in [0.05, 0.1) is 30.3 Å². The lowest BCUT2D eigenvalue weighted by Crippen LogP contribution is -2.13. The SMILES string of the molecule is COc1ccc(-c2noc(-c3ccccc3C(=O)Nc3cccc([N+](=O)[O-])c3)n2)cc1OC. The maximum Gasteiger partial charge on any atom is 0.271 e. The Hall–Kier alpha value is -4.73. The number of nitrogens with one attached hydrogen (secondary N) is 1. The Morgan fingerprint density at radius 1 is 1.00 bits per heavy atom. The van der Waals surface area contributed by atoms with Gasteiger partial charge in [0.1, 0.15) is 0 Å². The van der Waals surface area contributed by atoms with Crippen molar-refractivity contribution in [2.75, 3.05) is 19.5 Å². The smallest absolute Gasteiger partial charge is 0.271 e. The molecule has 1 amide bonds. The van der Waals surface area contributed by atoms with Crippen LogP contribution in [0.3, 0.4) is 0 Å². The summed E-state index contributed by atoms with van der Waals surface area (Å²) in [6.45, 7) is 0. The van der Waals surface area contributed by atoms with Crippen LogP contribution in [0.5, 0.6) is 11.5 Å². The zero-order valence-electron chi connectivity index (χ0n) is 17.6. The number of aromatic nitrogens is 2. The molecule has 1 N–H and O–H groups in total. The number of non-ortho nitro benzene ring substituents is 1. The number of benzene rings is 3. The first-order chi connectivity index (χ1) is 16.0. The summed E-state index contributed by atoms with van der Waals surface area (Å²) < 4.78 is 16.0. The van der Waals surface area contributed by atoms with Crippen molar-refractivity contribution >= 4 is 17.3 Å². The van der Waals surface area contributed by atoms with E-state index in [0.29, 0.717) is 34.1 Å². The maximum absolute atomic E-state index is 12.9. The van der Waals surface area contributed by atoms with Gasteiger partial charge < -0.3 is 19.3 Å². The van der Waals surface area contributed by atoms with Gasteiger partial charge in [-0.05, 0) is 36.4 Å². The average Bonchev–Trinajstić information content (AvgIpc) is 3.34. The standard InChI is InChI=1S/C23H18N4O6/c1-31-19-11-10-14(12-20(19)32-2)21-25-23(33-26-21)18-9-4-3-8-17(18)22(28)24-15-6-5-7-16(13-15)27(29)30/h3-13H,1-2H3,(H,24,28). The zero-order chi connectivity index (χ0) is 23.4. The first-order valence-corrected chi connectivity index (χ1v) is 9.71. The van der Waals surface area contributed by atoms with Crippen LogP contribution in [0.4, 0.5) is 11.4 Å². The summed E-state index contributed by atoms with van der Waals surface area (Å²) >= 11 is 0. The van der Waals surface area contributed by atoms with Crippen molar-refractivity contribution in [1.29, 1.82) is 0 Å². The highest BCUT2D eigenvalue weighted by molar-refractivity contribution is 6.08. The summed E-state index contributed by atoms with van der Waals surface area (Å²) in [5.41, 5.74) is 1.49. The van der Waals surface area contributed by atoms with E-state index < -0.39 is 10.8 Å². The summed E-state index contributed by atoms with van der Waals surface area (Å²) in [7, 11) is 3.07. The largest absolute Gasteiger partial charge is 0.493 e. The van der Waals surface area contributed by atoms with E-state index in [0.717, 1.165) is 0 Å². The second kappa shape index (κ2) is 9.18. The van der Waals surface area contributed by atoms with Crippen LogP contribution in [0.2, 0.25) is 0 Å². The number of anilines is 1. The zero-order valence-corrected chi connectivity index (χ0v) is 17.6. The number of rotatable bonds is 7. The third kappa shape index (κ3) is 4.49. The molecular formula is C23H18N4O6. The molecular weight excluding hydrogens is 428 g/mol. The van der Waals surface area contributed by atoms with Crippen LogP contribution >= 0.6 is 0 Å². The summed E-state index contributed by atoms with van der Waals surface area (Å²) in [6.07, 6.45) is 0. The lowest BCUT2D eigenvalue weighted by Gasteiger charge is -2.08. The molecule has 4 rings (SSSR count). The molecule has 0 aliphatic heterocycles. The van der Waals surface area contributed by atoms with Crippen molar-refractivity contribution in [3.05, 3.63) is 82.4 Å². The van der Waals surface area contributed by atoms with Gasteiger partial charge in [-0.1, -0.05) is 23.4 Å². The molecule has 0 unspecified atom stereocenters. The van der Waals surface area contributed by atoms with Crippen LogP contribution in [0.25, 0.3) is 22.8 Å². The van der Waals surface area contributed by atoms with E-state index in [1.807, 2.05) is 0 Å². The lowest BCUT2D eigenvalue weighted by atomic mass is 10.1. The van der Waals surface area contributed by atoms with E-state index in [-0.39, 0.29) is 17.1 Å². The first-order valence-electron chi connectivity index (χ1n) is 9.71. The van der Waals surface area contributed by atoms with Crippen LogP contribution in [0.15, 0.2) is 71.3 Å². The highest BCUT2D eigenvalue weighted by atomic mass is 16.6. The minimum Gasteiger partial charge on any atom is -0.493 e. The van der Waals surface area contributed by atoms with Gasteiger partial charge in [-0.15, -0.1) is 0 Å². The average molecular weight is 446 g/mol. The summed E-state index contributed by atoms with van der Waals surface area (Å²) in [4.78, 5) is 27.8. The van der Waals surface area contributed by atoms with Crippen molar-refractivity contribution in [1.82, 2.24) is 10.1 Å². The van der Waals surface area contributed by atoms with Crippen molar-refractivity contribution in [2.45, 2.75) is 0 Å². The van der Waals surface area contributed by atoms with E-state index in [4.69, 9.17) is 14.0 Å². The van der Waals surface area contributed by atoms with Crippen molar-refractivity contribution in [3.63, 3.8) is 0 Å². The second-order valence-electron chi connectivity index (χ2n) is 6.80. The van der Waals surface area contributed by atoms with Gasteiger partial charge in [-0.25, -0.2) is 0 Å². The van der Waals surface area contributed by atoms with Crippen molar-refractivity contribution < 1.29 is 23.7 Å². The number of carbonyl (C=O) groups is 1. The van der Waals surface area contributed by atoms with Crippen LogP contribution < -0.4 is 14.8 Å². The quantitative estimate of drug-likeness (QED) is 0.322. The molecule has 33 heavy (non-hydrogen) atoms. The number of hydrogen-bond donors (Lipinski definition) is 1. The molecule has 0 saturated carbocycles. The summed E-state index contributed by atoms with van der Waals surface area (Å²) in [5.74, 6) is 1.05. The molecule has 0 radical (unpaired) electrons. The van der Waals surface area contributed by atoms with Gasteiger partial charge in [0.15, 0.2) is 11.5 Å². The molecule has 0 fully saturated rings. The normalized spacial score (nSPS) is 10.5. The Balaban J connectivity index is 1.63. The maximum atomic E-state index is 12.9. The molecule has 1 aromatic heterocycles. The Morgan fingerprint density at radius 3 is 2.55 bits per heavy atom. The molecule has 10 heteroatoms. The number of hydrogen-bond acceptors (Lipinski definition) is 8. The van der Waals surface area contributed by atoms with Gasteiger partial charge in [-0.3, -0.25) is 14.9 Å².